The summed E-state index contributed by atoms with van der Waals surface area (Å²) in [5, 5.41) is 54.8. The number of ether oxygens (including phenoxy) is 2. The summed E-state index contributed by atoms with van der Waals surface area (Å²) in [6, 6.07) is -1.15. The molecule has 1 saturated heterocycles. The van der Waals surface area contributed by atoms with E-state index >= 15 is 0 Å². The fourth-order valence-corrected chi connectivity index (χ4v) is 7.22. The molecule has 1 fully saturated rings. The molecule has 14 heteroatoms. The Morgan fingerprint density at radius 3 is 1.70 bits per heavy atom. The summed E-state index contributed by atoms with van der Waals surface area (Å²) >= 11 is 0. The molecule has 0 spiro atoms. The maximum absolute atomic E-state index is 13.0. The van der Waals surface area contributed by atoms with Crippen LogP contribution in [0.4, 0.5) is 0 Å². The fourth-order valence-electron chi connectivity index (χ4n) is 6.71. The first kappa shape index (κ1) is 53.3. The van der Waals surface area contributed by atoms with Crippen LogP contribution in [0.15, 0.2) is 36.5 Å². The third kappa shape index (κ3) is 26.9. The first-order valence-electron chi connectivity index (χ1n) is 22.0. The predicted octanol–water partition coefficient (Wildman–Crippen LogP) is 6.91. The van der Waals surface area contributed by atoms with Gasteiger partial charge in [0.25, 0.3) is 0 Å². The molecule has 1 amide bonds. The van der Waals surface area contributed by atoms with E-state index in [0.717, 1.165) is 44.9 Å². The number of amides is 1. The number of aliphatic hydroxyl groups excluding tert-OH is 5. The van der Waals surface area contributed by atoms with Crippen molar-refractivity contribution in [2.24, 2.45) is 0 Å². The Kier molecular flexibility index (Phi) is 31.8. The Morgan fingerprint density at radius 2 is 1.18 bits per heavy atom. The van der Waals surface area contributed by atoms with Gasteiger partial charge in [0.2, 0.25) is 5.91 Å². The number of hydrogen-bond donors (Lipinski definition) is 7. The number of carbonyl (C=O) groups is 1. The van der Waals surface area contributed by atoms with Gasteiger partial charge in [0.05, 0.1) is 25.4 Å². The highest BCUT2D eigenvalue weighted by molar-refractivity contribution is 7.80. The van der Waals surface area contributed by atoms with Gasteiger partial charge in [-0.3, -0.25) is 9.35 Å². The number of allylic oxidation sites excluding steroid dienone is 5. The standard InChI is InChI=1S/C43H79NO12S/c1-3-5-7-9-11-13-14-15-16-17-18-19-20-21-22-23-24-26-27-29-31-36(46)35(44-42(50)37(47)32-30-28-25-12-10-8-6-4-2)34-54-43-40(49)41(56-57(51,52)53)39(48)38(33-45)55-43/h23-25,28-29,31,35-41,43,45-49H,3-22,26-27,30,32-34H2,1-2H3,(H,44,50)(H,51,52,53)/b24-23+,28-25-,31-29+. The van der Waals surface area contributed by atoms with Crippen LogP contribution in [0, 0.1) is 0 Å². The average Bonchev–Trinajstić information content (AvgIpc) is 3.18. The zero-order valence-corrected chi connectivity index (χ0v) is 35.8. The minimum atomic E-state index is -5.12. The van der Waals surface area contributed by atoms with Crippen molar-refractivity contribution in [1.82, 2.24) is 5.32 Å². The molecule has 0 radical (unpaired) electrons. The fraction of sp³-hybridized carbons (Fsp3) is 0.837. The van der Waals surface area contributed by atoms with Crippen molar-refractivity contribution in [3.63, 3.8) is 0 Å². The molecule has 1 aliphatic rings. The van der Waals surface area contributed by atoms with Gasteiger partial charge in [-0.05, 0) is 51.4 Å². The molecule has 334 valence electrons. The van der Waals surface area contributed by atoms with Gasteiger partial charge in [0.15, 0.2) is 6.29 Å². The summed E-state index contributed by atoms with van der Waals surface area (Å²) in [6.45, 7) is 3.11. The third-order valence-corrected chi connectivity index (χ3v) is 10.7. The number of aliphatic hydroxyl groups is 5. The molecule has 0 aliphatic carbocycles. The van der Waals surface area contributed by atoms with Crippen molar-refractivity contribution in [3.05, 3.63) is 36.5 Å². The van der Waals surface area contributed by atoms with E-state index in [4.69, 9.17) is 14.0 Å². The van der Waals surface area contributed by atoms with Crippen LogP contribution >= 0.6 is 0 Å². The van der Waals surface area contributed by atoms with E-state index < -0.39 is 78.5 Å². The van der Waals surface area contributed by atoms with Crippen LogP contribution in [0.3, 0.4) is 0 Å². The lowest BCUT2D eigenvalue weighted by Crippen LogP contribution is -2.61. The van der Waals surface area contributed by atoms with Crippen LogP contribution in [-0.4, -0.2) is 107 Å². The summed E-state index contributed by atoms with van der Waals surface area (Å²) in [5.74, 6) is -0.750. The van der Waals surface area contributed by atoms with Crippen molar-refractivity contribution >= 4 is 16.3 Å². The lowest BCUT2D eigenvalue weighted by atomic mass is 9.99. The van der Waals surface area contributed by atoms with E-state index in [2.05, 4.69) is 35.5 Å². The largest absolute Gasteiger partial charge is 0.397 e. The monoisotopic (exact) mass is 834 g/mol. The second kappa shape index (κ2) is 34.0. The lowest BCUT2D eigenvalue weighted by Gasteiger charge is -2.41. The van der Waals surface area contributed by atoms with Crippen molar-refractivity contribution in [2.75, 3.05) is 13.2 Å². The van der Waals surface area contributed by atoms with Crippen molar-refractivity contribution in [3.8, 4) is 0 Å². The van der Waals surface area contributed by atoms with E-state index in [1.165, 1.54) is 96.0 Å². The molecule has 0 aromatic carbocycles. The van der Waals surface area contributed by atoms with Gasteiger partial charge in [0.1, 0.15) is 30.5 Å². The molecule has 13 nitrogen and oxygen atoms in total. The molecule has 0 aromatic heterocycles. The molecule has 0 bridgehead atoms. The van der Waals surface area contributed by atoms with Gasteiger partial charge in [-0.2, -0.15) is 8.42 Å². The van der Waals surface area contributed by atoms with Crippen LogP contribution in [-0.2, 0) is 28.9 Å². The third-order valence-electron chi connectivity index (χ3n) is 10.3. The summed E-state index contributed by atoms with van der Waals surface area (Å²) < 4.78 is 47.3. The number of nitrogens with one attached hydrogen (secondary N) is 1. The quantitative estimate of drug-likeness (QED) is 0.0195. The average molecular weight is 834 g/mol. The summed E-state index contributed by atoms with van der Waals surface area (Å²) in [6.07, 6.45) is 27.1. The van der Waals surface area contributed by atoms with Crippen LogP contribution in [0.5, 0.6) is 0 Å². The van der Waals surface area contributed by atoms with Crippen molar-refractivity contribution in [1.29, 1.82) is 0 Å². The smallest absolute Gasteiger partial charge is 0.394 e. The topological polar surface area (TPSA) is 212 Å². The Labute approximate surface area is 344 Å². The molecule has 0 saturated carbocycles. The molecule has 7 N–H and O–H groups in total. The highest BCUT2D eigenvalue weighted by Crippen LogP contribution is 2.26. The van der Waals surface area contributed by atoms with Crippen LogP contribution in [0.2, 0.25) is 0 Å². The van der Waals surface area contributed by atoms with Crippen LogP contribution < -0.4 is 5.32 Å². The summed E-state index contributed by atoms with van der Waals surface area (Å²) in [5.41, 5.74) is 0. The van der Waals surface area contributed by atoms with E-state index in [9.17, 15) is 38.7 Å². The molecular weight excluding hydrogens is 755 g/mol. The number of rotatable bonds is 36. The first-order valence-corrected chi connectivity index (χ1v) is 23.3. The number of unbranched alkanes of at least 4 members (excludes halogenated alkanes) is 19. The molecule has 1 heterocycles. The van der Waals surface area contributed by atoms with Crippen molar-refractivity contribution < 1.29 is 57.0 Å². The Morgan fingerprint density at radius 1 is 0.702 bits per heavy atom. The normalized spacial score (nSPS) is 22.1. The zero-order valence-electron chi connectivity index (χ0n) is 35.0. The van der Waals surface area contributed by atoms with E-state index in [-0.39, 0.29) is 6.42 Å². The summed E-state index contributed by atoms with van der Waals surface area (Å²) in [4.78, 5) is 13.0. The Hall–Kier alpha value is -1.72. The van der Waals surface area contributed by atoms with Crippen LogP contribution in [0.25, 0.3) is 0 Å². The van der Waals surface area contributed by atoms with E-state index in [1.807, 2.05) is 12.2 Å². The van der Waals surface area contributed by atoms with Gasteiger partial charge in [-0.1, -0.05) is 153 Å². The highest BCUT2D eigenvalue weighted by Gasteiger charge is 2.48. The Bertz CT molecular complexity index is 1180. The van der Waals surface area contributed by atoms with Gasteiger partial charge >= 0.3 is 10.4 Å². The summed E-state index contributed by atoms with van der Waals surface area (Å²) in [7, 11) is -5.12. The minimum absolute atomic E-state index is 0.150. The van der Waals surface area contributed by atoms with Crippen LogP contribution in [0.1, 0.15) is 168 Å². The van der Waals surface area contributed by atoms with Gasteiger partial charge < -0.3 is 40.3 Å². The second-order valence-corrected chi connectivity index (χ2v) is 16.5. The Balaban J connectivity index is 2.60. The van der Waals surface area contributed by atoms with E-state index in [1.54, 1.807) is 6.08 Å². The van der Waals surface area contributed by atoms with Gasteiger partial charge in [0, 0.05) is 0 Å². The molecule has 1 aliphatic heterocycles. The number of carbonyl (C=O) groups excluding carboxylic acids is 1. The molecule has 1 rings (SSSR count). The molecule has 0 aromatic rings. The van der Waals surface area contributed by atoms with E-state index in [0.29, 0.717) is 12.8 Å². The molecule has 8 atom stereocenters. The second-order valence-electron chi connectivity index (χ2n) is 15.4. The van der Waals surface area contributed by atoms with Gasteiger partial charge in [-0.15, -0.1) is 0 Å². The van der Waals surface area contributed by atoms with Crippen molar-refractivity contribution in [2.45, 2.75) is 217 Å². The molecule has 8 unspecified atom stereocenters. The SMILES string of the molecule is CCCCCC/C=C\CCC(O)C(=O)NC(COC1OC(CO)C(O)C(OS(=O)(=O)O)C1O)C(O)/C=C/CC/C=C/CCCCCCCCCCCCCCCC. The number of hydrogen-bond acceptors (Lipinski definition) is 11. The maximum atomic E-state index is 13.0. The lowest BCUT2D eigenvalue weighted by molar-refractivity contribution is -0.298. The highest BCUT2D eigenvalue weighted by atomic mass is 32.3. The van der Waals surface area contributed by atoms with Gasteiger partial charge in [-0.25, -0.2) is 4.18 Å². The minimum Gasteiger partial charge on any atom is -0.394 e. The molecular formula is C43H79NO12S. The first-order chi connectivity index (χ1) is 27.4. The maximum Gasteiger partial charge on any atom is 0.397 e. The zero-order chi connectivity index (χ0) is 42.2. The molecule has 57 heavy (non-hydrogen) atoms. The predicted molar refractivity (Wildman–Crippen MR) is 224 cm³/mol.